The molecule has 4 N–H and O–H groups in total. The van der Waals surface area contributed by atoms with Crippen molar-refractivity contribution in [1.29, 1.82) is 0 Å². The molecule has 1 heterocycles. The lowest BCUT2D eigenvalue weighted by molar-refractivity contribution is -0.116. The van der Waals surface area contributed by atoms with E-state index in [2.05, 4.69) is 10.6 Å². The Morgan fingerprint density at radius 2 is 2.21 bits per heavy atom. The van der Waals surface area contributed by atoms with E-state index in [0.29, 0.717) is 18.7 Å². The average Bonchev–Trinajstić information content (AvgIpc) is 2.36. The van der Waals surface area contributed by atoms with Gasteiger partial charge in [0, 0.05) is 41.0 Å². The number of hydrogen-bond donors (Lipinski definition) is 3. The van der Waals surface area contributed by atoms with E-state index in [0.717, 1.165) is 23.4 Å². The maximum atomic E-state index is 11.4. The molecule has 1 aromatic rings. The molecule has 1 amide bonds. The molecule has 0 aliphatic carbocycles. The highest BCUT2D eigenvalue weighted by atomic mass is 32.2. The fourth-order valence-corrected chi connectivity index (χ4v) is 2.29. The van der Waals surface area contributed by atoms with Crippen LogP contribution in [0, 0.1) is 0 Å². The molecule has 2 rings (SSSR count). The first-order valence-corrected chi connectivity index (χ1v) is 7.88. The zero-order valence-corrected chi connectivity index (χ0v) is 12.0. The average molecular weight is 281 g/mol. The van der Waals surface area contributed by atoms with Gasteiger partial charge in [-0.3, -0.25) is 9.00 Å². The van der Waals surface area contributed by atoms with E-state index in [9.17, 15) is 9.00 Å². The number of benzene rings is 1. The van der Waals surface area contributed by atoms with Crippen molar-refractivity contribution >= 4 is 33.8 Å². The third-order valence-corrected chi connectivity index (χ3v) is 4.62. The minimum Gasteiger partial charge on any atom is -0.397 e. The molecule has 2 atom stereocenters. The summed E-state index contributed by atoms with van der Waals surface area (Å²) in [4.78, 5) is 11.4. The highest BCUT2D eigenvalue weighted by Gasteiger charge is 2.17. The van der Waals surface area contributed by atoms with E-state index in [4.69, 9.17) is 5.73 Å². The lowest BCUT2D eigenvalue weighted by atomic mass is 10.0. The van der Waals surface area contributed by atoms with Crippen LogP contribution in [0.2, 0.25) is 0 Å². The number of carbonyl (C=O) groups excluding carboxylic acids is 1. The summed E-state index contributed by atoms with van der Waals surface area (Å²) in [5.74, 6) is 0.0336. The van der Waals surface area contributed by atoms with Gasteiger partial charge in [-0.1, -0.05) is 0 Å². The minimum atomic E-state index is -0.871. The highest BCUT2D eigenvalue weighted by molar-refractivity contribution is 7.84. The number of nitrogen functional groups attached to an aromatic ring is 1. The molecule has 19 heavy (non-hydrogen) atoms. The molecule has 0 bridgehead atoms. The van der Waals surface area contributed by atoms with Crippen molar-refractivity contribution in [3.8, 4) is 0 Å². The number of fused-ring (bicyclic) bond motifs is 1. The van der Waals surface area contributed by atoms with Gasteiger partial charge in [0.1, 0.15) is 0 Å². The van der Waals surface area contributed by atoms with Crippen LogP contribution in [-0.2, 0) is 22.0 Å². The molecular formula is C13H19N3O2S. The molecule has 0 fully saturated rings. The monoisotopic (exact) mass is 281 g/mol. The van der Waals surface area contributed by atoms with Crippen molar-refractivity contribution in [1.82, 2.24) is 0 Å². The first-order chi connectivity index (χ1) is 8.97. The second-order valence-electron chi connectivity index (χ2n) is 4.83. The second-order valence-corrected chi connectivity index (χ2v) is 6.64. The molecule has 104 valence electrons. The minimum absolute atomic E-state index is 0.0336. The van der Waals surface area contributed by atoms with Crippen molar-refractivity contribution in [2.75, 3.05) is 29.2 Å². The number of hydrogen-bond acceptors (Lipinski definition) is 4. The number of rotatable bonds is 4. The van der Waals surface area contributed by atoms with Crippen LogP contribution in [0.25, 0.3) is 0 Å². The lowest BCUT2D eigenvalue weighted by Crippen LogP contribution is -2.22. The number of amides is 1. The van der Waals surface area contributed by atoms with Gasteiger partial charge in [0.05, 0.1) is 11.4 Å². The van der Waals surface area contributed by atoms with Crippen LogP contribution in [-0.4, -0.2) is 28.2 Å². The summed E-state index contributed by atoms with van der Waals surface area (Å²) < 4.78 is 11.3. The highest BCUT2D eigenvalue weighted by Crippen LogP contribution is 2.31. The Morgan fingerprint density at radius 3 is 2.89 bits per heavy atom. The molecule has 6 heteroatoms. The molecule has 1 aromatic carbocycles. The zero-order valence-electron chi connectivity index (χ0n) is 11.2. The molecule has 2 unspecified atom stereocenters. The van der Waals surface area contributed by atoms with Gasteiger partial charge >= 0.3 is 0 Å². The summed E-state index contributed by atoms with van der Waals surface area (Å²) >= 11 is 0. The van der Waals surface area contributed by atoms with E-state index < -0.39 is 10.8 Å². The standard InChI is InChI=1S/C13H19N3O2S/c1-8(19(2)18)7-15-12-6-11-9(5-10(12)14)3-4-13(17)16-11/h5-6,8,15H,3-4,7,14H2,1-2H3,(H,16,17). The zero-order chi connectivity index (χ0) is 14.0. The molecule has 1 aliphatic rings. The Labute approximate surface area is 115 Å². The van der Waals surface area contributed by atoms with E-state index >= 15 is 0 Å². The molecule has 0 saturated carbocycles. The van der Waals surface area contributed by atoms with E-state index in [1.54, 1.807) is 6.26 Å². The summed E-state index contributed by atoms with van der Waals surface area (Å²) in [6.45, 7) is 2.50. The van der Waals surface area contributed by atoms with Crippen LogP contribution in [0.15, 0.2) is 12.1 Å². The van der Waals surface area contributed by atoms with Gasteiger partial charge in [-0.2, -0.15) is 0 Å². The topological polar surface area (TPSA) is 84.2 Å². The summed E-state index contributed by atoms with van der Waals surface area (Å²) in [5, 5.41) is 6.08. The molecule has 0 saturated heterocycles. The van der Waals surface area contributed by atoms with Crippen LogP contribution >= 0.6 is 0 Å². The fourth-order valence-electron chi connectivity index (χ4n) is 1.97. The van der Waals surface area contributed by atoms with Gasteiger partial charge < -0.3 is 16.4 Å². The van der Waals surface area contributed by atoms with E-state index in [1.165, 1.54) is 0 Å². The van der Waals surface area contributed by atoms with Gasteiger partial charge in [-0.25, -0.2) is 0 Å². The second kappa shape index (κ2) is 5.61. The van der Waals surface area contributed by atoms with Crippen LogP contribution in [0.3, 0.4) is 0 Å². The predicted molar refractivity (Wildman–Crippen MR) is 79.8 cm³/mol. The lowest BCUT2D eigenvalue weighted by Gasteiger charge is -2.20. The van der Waals surface area contributed by atoms with Gasteiger partial charge in [0.25, 0.3) is 0 Å². The Hall–Kier alpha value is -1.56. The Balaban J connectivity index is 2.15. The fraction of sp³-hybridized carbons (Fsp3) is 0.462. The van der Waals surface area contributed by atoms with Gasteiger partial charge in [0.2, 0.25) is 5.91 Å². The van der Waals surface area contributed by atoms with Crippen molar-refractivity contribution in [3.63, 3.8) is 0 Å². The van der Waals surface area contributed by atoms with Crippen LogP contribution in [0.5, 0.6) is 0 Å². The van der Waals surface area contributed by atoms with Crippen LogP contribution in [0.1, 0.15) is 18.9 Å². The Morgan fingerprint density at radius 1 is 1.47 bits per heavy atom. The maximum Gasteiger partial charge on any atom is 0.224 e. The SMILES string of the molecule is CC(CNc1cc2c(cc1N)CCC(=O)N2)S(C)=O. The normalized spacial score (nSPS) is 17.3. The van der Waals surface area contributed by atoms with Crippen LogP contribution < -0.4 is 16.4 Å². The molecule has 0 aromatic heterocycles. The molecule has 5 nitrogen and oxygen atoms in total. The number of aryl methyl sites for hydroxylation is 1. The Kier molecular flexibility index (Phi) is 4.09. The van der Waals surface area contributed by atoms with E-state index in [1.807, 2.05) is 19.1 Å². The largest absolute Gasteiger partial charge is 0.397 e. The molecule has 1 aliphatic heterocycles. The third kappa shape index (κ3) is 3.26. The molecular weight excluding hydrogens is 262 g/mol. The van der Waals surface area contributed by atoms with Crippen molar-refractivity contribution < 1.29 is 9.00 Å². The quantitative estimate of drug-likeness (QED) is 0.727. The predicted octanol–water partition coefficient (Wildman–Crippen LogP) is 1.33. The van der Waals surface area contributed by atoms with Gasteiger partial charge in [0.15, 0.2) is 0 Å². The first kappa shape index (κ1) is 13.9. The first-order valence-electron chi connectivity index (χ1n) is 6.25. The van der Waals surface area contributed by atoms with E-state index in [-0.39, 0.29) is 11.2 Å². The summed E-state index contributed by atoms with van der Waals surface area (Å²) in [7, 11) is -0.871. The van der Waals surface area contributed by atoms with Gasteiger partial charge in [-0.05, 0) is 31.0 Å². The number of anilines is 3. The van der Waals surface area contributed by atoms with Crippen molar-refractivity contribution in [3.05, 3.63) is 17.7 Å². The number of nitrogens with two attached hydrogens (primary N) is 1. The van der Waals surface area contributed by atoms with Crippen molar-refractivity contribution in [2.24, 2.45) is 0 Å². The molecule has 0 radical (unpaired) electrons. The summed E-state index contributed by atoms with van der Waals surface area (Å²) in [5.41, 5.74) is 9.31. The smallest absolute Gasteiger partial charge is 0.224 e. The third-order valence-electron chi connectivity index (χ3n) is 3.32. The maximum absolute atomic E-state index is 11.4. The number of nitrogens with one attached hydrogen (secondary N) is 2. The molecule has 0 spiro atoms. The van der Waals surface area contributed by atoms with Crippen LogP contribution in [0.4, 0.5) is 17.1 Å². The summed E-state index contributed by atoms with van der Waals surface area (Å²) in [6.07, 6.45) is 2.91. The van der Waals surface area contributed by atoms with Gasteiger partial charge in [-0.15, -0.1) is 0 Å². The number of carbonyl (C=O) groups is 1. The van der Waals surface area contributed by atoms with Crippen molar-refractivity contribution in [2.45, 2.75) is 25.0 Å². The summed E-state index contributed by atoms with van der Waals surface area (Å²) in [6, 6.07) is 3.75. The Bertz CT molecular complexity index is 531.